The number of benzene rings is 10. The predicted octanol–water partition coefficient (Wildman–Crippen LogP) is 18.2. The topological polar surface area (TPSA) is 3.24 Å². The van der Waals surface area contributed by atoms with E-state index < -0.39 is 5.41 Å². The molecular weight excluding hydrogens is 867 g/mol. The number of nitrogens with zero attached hydrogens (tertiary/aromatic N) is 1. The first kappa shape index (κ1) is 40.7. The second-order valence-electron chi connectivity index (χ2n) is 21.8. The SMILES string of the molecule is c1ccc(-c2ccccc2N(c2ccccc2-c2ccccc2-c2ccc3c(c2)C2(c4ccccc4-3)C3CC4CC(C3)CC2C4)c2cccc3c2C2(c4ccccc4-c4ccccc42)c2ccccc2-3)cc1. The molecule has 10 aromatic rings. The molecule has 0 saturated heterocycles. The molecule has 72 heavy (non-hydrogen) atoms. The lowest BCUT2D eigenvalue weighted by molar-refractivity contribution is -0.0399. The lowest BCUT2D eigenvalue weighted by atomic mass is 9.43. The van der Waals surface area contributed by atoms with E-state index in [-0.39, 0.29) is 5.41 Å². The van der Waals surface area contributed by atoms with Crippen LogP contribution in [0.3, 0.4) is 0 Å². The van der Waals surface area contributed by atoms with E-state index in [1.54, 1.807) is 11.1 Å². The Kier molecular flexibility index (Phi) is 8.62. The van der Waals surface area contributed by atoms with Gasteiger partial charge in [-0.3, -0.25) is 0 Å². The first-order valence-corrected chi connectivity index (χ1v) is 26.5. The van der Waals surface area contributed by atoms with Crippen molar-refractivity contribution in [2.45, 2.75) is 42.9 Å². The molecule has 0 radical (unpaired) electrons. The van der Waals surface area contributed by atoms with Crippen LogP contribution in [0.25, 0.3) is 66.8 Å². The molecule has 0 aliphatic heterocycles. The van der Waals surface area contributed by atoms with Gasteiger partial charge in [0, 0.05) is 22.1 Å². The number of anilines is 3. The average molecular weight is 920 g/mol. The highest BCUT2D eigenvalue weighted by atomic mass is 15.2. The van der Waals surface area contributed by atoms with Crippen LogP contribution in [-0.4, -0.2) is 0 Å². The fourth-order valence-electron chi connectivity index (χ4n) is 16.4. The quantitative estimate of drug-likeness (QED) is 0.161. The van der Waals surface area contributed by atoms with Crippen LogP contribution < -0.4 is 4.90 Å². The van der Waals surface area contributed by atoms with Crippen LogP contribution in [0, 0.1) is 23.7 Å². The first-order valence-electron chi connectivity index (χ1n) is 26.5. The van der Waals surface area contributed by atoms with Crippen LogP contribution in [0.4, 0.5) is 17.1 Å². The molecule has 0 atom stereocenters. The molecule has 4 saturated carbocycles. The van der Waals surface area contributed by atoms with Crippen LogP contribution in [0.2, 0.25) is 0 Å². The Balaban J connectivity index is 0.947. The fourth-order valence-corrected chi connectivity index (χ4v) is 16.4. The summed E-state index contributed by atoms with van der Waals surface area (Å²) in [4.78, 5) is 2.63. The van der Waals surface area contributed by atoms with Crippen molar-refractivity contribution in [3.63, 3.8) is 0 Å². The second kappa shape index (κ2) is 15.3. The van der Waals surface area contributed by atoms with Crippen molar-refractivity contribution >= 4 is 17.1 Å². The standard InChI is InChI=1S/C71H53N/c1-2-19-47(20-3-1)52-22-10-16-34-66(52)72(68-36-18-29-60-57-27-9-15-33-64(57)71(69(60)68)62-31-13-7-24-54(62)55-25-8-14-32-63(55)71)67-35-17-11-28-59(67)53-23-5-4-21-51(53)48-37-38-58-56-26-6-12-30-61(56)70(65(58)44-48)49-40-45-39-46(42-49)43-50(70)41-45/h1-38,44-46,49-50H,39-43H2. The minimum absolute atomic E-state index is 0.0961. The normalized spacial score (nSPS) is 21.5. The molecule has 17 rings (SSSR count). The Hall–Kier alpha value is -8.00. The summed E-state index contributed by atoms with van der Waals surface area (Å²) in [6, 6.07) is 90.4. The third-order valence-corrected chi connectivity index (χ3v) is 18.7. The molecule has 2 spiro atoms. The van der Waals surface area contributed by atoms with Crippen LogP contribution in [0.15, 0.2) is 237 Å². The zero-order valence-electron chi connectivity index (χ0n) is 40.3. The Labute approximate surface area is 423 Å². The van der Waals surface area contributed by atoms with Gasteiger partial charge < -0.3 is 4.90 Å². The molecule has 342 valence electrons. The molecule has 0 N–H and O–H groups in total. The van der Waals surface area contributed by atoms with Gasteiger partial charge in [-0.25, -0.2) is 0 Å². The molecular formula is C71H53N. The summed E-state index contributed by atoms with van der Waals surface area (Å²) < 4.78 is 0. The van der Waals surface area contributed by atoms with Gasteiger partial charge in [0.25, 0.3) is 0 Å². The number of para-hydroxylation sites is 2. The van der Waals surface area contributed by atoms with Crippen LogP contribution in [0.5, 0.6) is 0 Å². The van der Waals surface area contributed by atoms with Crippen molar-refractivity contribution in [1.82, 2.24) is 0 Å². The van der Waals surface area contributed by atoms with Gasteiger partial charge in [-0.1, -0.05) is 212 Å². The summed E-state index contributed by atoms with van der Waals surface area (Å²) in [5, 5.41) is 0. The second-order valence-corrected chi connectivity index (χ2v) is 21.8. The number of hydrogen-bond acceptors (Lipinski definition) is 1. The van der Waals surface area contributed by atoms with Crippen molar-refractivity contribution in [1.29, 1.82) is 0 Å². The number of fused-ring (bicyclic) bond motifs is 13. The fraction of sp³-hybridized carbons (Fsp3) is 0.155. The van der Waals surface area contributed by atoms with E-state index in [9.17, 15) is 0 Å². The van der Waals surface area contributed by atoms with Crippen molar-refractivity contribution in [2.24, 2.45) is 23.7 Å². The van der Waals surface area contributed by atoms with Gasteiger partial charge in [0.1, 0.15) is 0 Å². The molecule has 0 unspecified atom stereocenters. The predicted molar refractivity (Wildman–Crippen MR) is 297 cm³/mol. The van der Waals surface area contributed by atoms with Gasteiger partial charge in [-0.15, -0.1) is 0 Å². The summed E-state index contributed by atoms with van der Waals surface area (Å²) in [7, 11) is 0. The Morgan fingerprint density at radius 3 is 1.33 bits per heavy atom. The highest BCUT2D eigenvalue weighted by molar-refractivity contribution is 6.03. The smallest absolute Gasteiger partial charge is 0.0746 e. The van der Waals surface area contributed by atoms with Gasteiger partial charge in [0.2, 0.25) is 0 Å². The summed E-state index contributed by atoms with van der Waals surface area (Å²) in [5.74, 6) is 3.22. The molecule has 0 heterocycles. The summed E-state index contributed by atoms with van der Waals surface area (Å²) in [6.45, 7) is 0. The lowest BCUT2D eigenvalue weighted by Crippen LogP contribution is -2.55. The Morgan fingerprint density at radius 2 is 0.708 bits per heavy atom. The number of rotatable bonds is 6. The Bertz CT molecular complexity index is 3760. The zero-order valence-corrected chi connectivity index (χ0v) is 40.3. The molecule has 0 amide bonds. The summed E-state index contributed by atoms with van der Waals surface area (Å²) in [5.41, 5.74) is 27.2. The van der Waals surface area contributed by atoms with Crippen molar-refractivity contribution in [2.75, 3.05) is 4.90 Å². The largest absolute Gasteiger partial charge is 0.309 e. The maximum absolute atomic E-state index is 2.67. The van der Waals surface area contributed by atoms with Gasteiger partial charge in [-0.2, -0.15) is 0 Å². The summed E-state index contributed by atoms with van der Waals surface area (Å²) >= 11 is 0. The minimum atomic E-state index is -0.543. The summed E-state index contributed by atoms with van der Waals surface area (Å²) in [6.07, 6.45) is 6.96. The van der Waals surface area contributed by atoms with Gasteiger partial charge in [0.05, 0.1) is 22.5 Å². The van der Waals surface area contributed by atoms with Crippen molar-refractivity contribution in [3.8, 4) is 66.8 Å². The van der Waals surface area contributed by atoms with Gasteiger partial charge >= 0.3 is 0 Å². The first-order chi connectivity index (χ1) is 35.7. The van der Waals surface area contributed by atoms with E-state index in [1.807, 2.05) is 0 Å². The Morgan fingerprint density at radius 1 is 0.278 bits per heavy atom. The van der Waals surface area contributed by atoms with Crippen molar-refractivity contribution in [3.05, 3.63) is 270 Å². The molecule has 7 aliphatic carbocycles. The van der Waals surface area contributed by atoms with E-state index in [2.05, 4.69) is 241 Å². The van der Waals surface area contributed by atoms with Crippen molar-refractivity contribution < 1.29 is 0 Å². The molecule has 1 heteroatoms. The minimum Gasteiger partial charge on any atom is -0.309 e. The van der Waals surface area contributed by atoms with Crippen LogP contribution in [-0.2, 0) is 10.8 Å². The van der Waals surface area contributed by atoms with Crippen LogP contribution >= 0.6 is 0 Å². The van der Waals surface area contributed by atoms with E-state index in [4.69, 9.17) is 0 Å². The molecule has 0 aromatic heterocycles. The number of hydrogen-bond donors (Lipinski definition) is 0. The van der Waals surface area contributed by atoms with Gasteiger partial charge in [-0.05, 0) is 163 Å². The molecule has 4 bridgehead atoms. The third kappa shape index (κ3) is 5.33. The van der Waals surface area contributed by atoms with E-state index in [0.717, 1.165) is 23.2 Å². The molecule has 10 aromatic carbocycles. The molecule has 7 aliphatic rings. The van der Waals surface area contributed by atoms with E-state index in [0.29, 0.717) is 11.8 Å². The third-order valence-electron chi connectivity index (χ3n) is 18.7. The lowest BCUT2D eigenvalue weighted by Gasteiger charge is -2.61. The van der Waals surface area contributed by atoms with E-state index in [1.165, 1.54) is 127 Å². The maximum Gasteiger partial charge on any atom is 0.0746 e. The monoisotopic (exact) mass is 919 g/mol. The van der Waals surface area contributed by atoms with Crippen LogP contribution in [0.1, 0.15) is 65.5 Å². The van der Waals surface area contributed by atoms with Gasteiger partial charge in [0.15, 0.2) is 0 Å². The van der Waals surface area contributed by atoms with E-state index >= 15 is 0 Å². The maximum atomic E-state index is 2.67. The highest BCUT2D eigenvalue weighted by Crippen LogP contribution is 2.70. The highest BCUT2D eigenvalue weighted by Gasteiger charge is 2.61. The zero-order chi connectivity index (χ0) is 47.1. The molecule has 4 fully saturated rings. The molecule has 1 nitrogen and oxygen atoms in total. The average Bonchev–Trinajstić information content (AvgIpc) is 4.04.